The standard InChI is InChI=1S/C9H10F3NO/c1-6-5-13-3-2-7(6)4-8(14)9(10,11)12/h2-3,5,8,14H,4H2,1H3. The molecule has 0 bridgehead atoms. The van der Waals surface area contributed by atoms with E-state index < -0.39 is 18.7 Å². The lowest BCUT2D eigenvalue weighted by molar-refractivity contribution is -0.203. The molecule has 1 aromatic rings. The van der Waals surface area contributed by atoms with Crippen LogP contribution in [0.1, 0.15) is 11.1 Å². The Bertz CT molecular complexity index is 311. The third-order valence-electron chi connectivity index (χ3n) is 1.93. The lowest BCUT2D eigenvalue weighted by Gasteiger charge is -2.15. The van der Waals surface area contributed by atoms with Crippen molar-refractivity contribution in [3.63, 3.8) is 0 Å². The van der Waals surface area contributed by atoms with Crippen LogP contribution in [-0.4, -0.2) is 22.4 Å². The van der Waals surface area contributed by atoms with Crippen LogP contribution in [0, 0.1) is 6.92 Å². The van der Waals surface area contributed by atoms with Gasteiger partial charge in [0, 0.05) is 18.8 Å². The van der Waals surface area contributed by atoms with Gasteiger partial charge in [-0.2, -0.15) is 13.2 Å². The highest BCUT2D eigenvalue weighted by molar-refractivity contribution is 5.22. The second-order valence-corrected chi connectivity index (χ2v) is 3.06. The molecule has 1 atom stereocenters. The molecule has 0 saturated carbocycles. The first-order valence-electron chi connectivity index (χ1n) is 4.05. The van der Waals surface area contributed by atoms with E-state index >= 15 is 0 Å². The zero-order valence-corrected chi connectivity index (χ0v) is 7.54. The Morgan fingerprint density at radius 2 is 2.14 bits per heavy atom. The van der Waals surface area contributed by atoms with Gasteiger partial charge in [-0.3, -0.25) is 4.98 Å². The van der Waals surface area contributed by atoms with Crippen molar-refractivity contribution in [2.45, 2.75) is 25.6 Å². The molecule has 0 spiro atoms. The van der Waals surface area contributed by atoms with Crippen molar-refractivity contribution < 1.29 is 18.3 Å². The maximum atomic E-state index is 12.0. The van der Waals surface area contributed by atoms with E-state index in [1.807, 2.05) is 0 Å². The van der Waals surface area contributed by atoms with Gasteiger partial charge < -0.3 is 5.11 Å². The summed E-state index contributed by atoms with van der Waals surface area (Å²) in [6, 6.07) is 1.48. The Labute approximate surface area is 79.4 Å². The topological polar surface area (TPSA) is 33.1 Å². The number of rotatable bonds is 2. The summed E-state index contributed by atoms with van der Waals surface area (Å²) in [6.07, 6.45) is -4.40. The van der Waals surface area contributed by atoms with Crippen molar-refractivity contribution in [3.8, 4) is 0 Å². The van der Waals surface area contributed by atoms with Gasteiger partial charge in [0.2, 0.25) is 0 Å². The molecule has 0 aliphatic carbocycles. The van der Waals surface area contributed by atoms with Crippen molar-refractivity contribution in [1.29, 1.82) is 0 Å². The Morgan fingerprint density at radius 3 is 2.64 bits per heavy atom. The molecule has 1 unspecified atom stereocenters. The molecular formula is C9H10F3NO. The number of hydrogen-bond donors (Lipinski definition) is 1. The van der Waals surface area contributed by atoms with Crippen molar-refractivity contribution in [2.24, 2.45) is 0 Å². The smallest absolute Gasteiger partial charge is 0.383 e. The van der Waals surface area contributed by atoms with Gasteiger partial charge in [-0.15, -0.1) is 0 Å². The van der Waals surface area contributed by atoms with E-state index in [-0.39, 0.29) is 0 Å². The fraction of sp³-hybridized carbons (Fsp3) is 0.444. The maximum Gasteiger partial charge on any atom is 0.414 e. The molecule has 2 nitrogen and oxygen atoms in total. The van der Waals surface area contributed by atoms with Crippen LogP contribution in [0.4, 0.5) is 13.2 Å². The first-order valence-corrected chi connectivity index (χ1v) is 4.05. The van der Waals surface area contributed by atoms with Gasteiger partial charge in [0.15, 0.2) is 6.10 Å². The molecule has 1 N–H and O–H groups in total. The average molecular weight is 205 g/mol. The second-order valence-electron chi connectivity index (χ2n) is 3.06. The Kier molecular flexibility index (Phi) is 3.10. The van der Waals surface area contributed by atoms with Gasteiger partial charge >= 0.3 is 6.18 Å². The first-order chi connectivity index (χ1) is 6.41. The van der Waals surface area contributed by atoms with Crippen molar-refractivity contribution in [1.82, 2.24) is 4.98 Å². The summed E-state index contributed by atoms with van der Waals surface area (Å²) in [5, 5.41) is 8.82. The molecule has 0 saturated heterocycles. The number of hydrogen-bond acceptors (Lipinski definition) is 2. The van der Waals surface area contributed by atoms with Crippen LogP contribution in [0.25, 0.3) is 0 Å². The minimum absolute atomic E-state index is 0.419. The molecule has 78 valence electrons. The lowest BCUT2D eigenvalue weighted by atomic mass is 10.0. The number of nitrogens with zero attached hydrogens (tertiary/aromatic N) is 1. The van der Waals surface area contributed by atoms with Crippen LogP contribution < -0.4 is 0 Å². The van der Waals surface area contributed by atoms with Gasteiger partial charge in [-0.05, 0) is 24.1 Å². The second kappa shape index (κ2) is 3.96. The molecule has 0 aliphatic rings. The molecule has 5 heteroatoms. The van der Waals surface area contributed by atoms with E-state index in [1.165, 1.54) is 18.5 Å². The zero-order valence-electron chi connectivity index (χ0n) is 7.54. The van der Waals surface area contributed by atoms with E-state index in [1.54, 1.807) is 6.92 Å². The Balaban J connectivity index is 2.75. The normalized spacial score (nSPS) is 14.1. The fourth-order valence-corrected chi connectivity index (χ4v) is 1.06. The average Bonchev–Trinajstić information content (AvgIpc) is 2.07. The minimum atomic E-state index is -4.56. The summed E-state index contributed by atoms with van der Waals surface area (Å²) in [5.41, 5.74) is 1.11. The van der Waals surface area contributed by atoms with E-state index in [0.717, 1.165) is 0 Å². The summed E-state index contributed by atoms with van der Waals surface area (Å²) in [6.45, 7) is 1.66. The lowest BCUT2D eigenvalue weighted by Crippen LogP contribution is -2.30. The first kappa shape index (κ1) is 11.0. The molecule has 14 heavy (non-hydrogen) atoms. The number of pyridine rings is 1. The quantitative estimate of drug-likeness (QED) is 0.799. The van der Waals surface area contributed by atoms with Crippen LogP contribution in [0.15, 0.2) is 18.5 Å². The number of aryl methyl sites for hydroxylation is 1. The number of aliphatic hydroxyl groups excluding tert-OH is 1. The summed E-state index contributed by atoms with van der Waals surface area (Å²) in [5.74, 6) is 0. The molecular weight excluding hydrogens is 195 g/mol. The molecule has 0 aliphatic heterocycles. The van der Waals surface area contributed by atoms with Gasteiger partial charge in [-0.25, -0.2) is 0 Å². The van der Waals surface area contributed by atoms with Crippen LogP contribution in [0.2, 0.25) is 0 Å². The van der Waals surface area contributed by atoms with Crippen LogP contribution in [-0.2, 0) is 6.42 Å². The molecule has 0 aromatic carbocycles. The monoisotopic (exact) mass is 205 g/mol. The maximum absolute atomic E-state index is 12.0. The Hall–Kier alpha value is -1.10. The van der Waals surface area contributed by atoms with Gasteiger partial charge in [-0.1, -0.05) is 0 Å². The molecule has 0 fully saturated rings. The number of aromatic nitrogens is 1. The SMILES string of the molecule is Cc1cnccc1CC(O)C(F)(F)F. The van der Waals surface area contributed by atoms with E-state index in [0.29, 0.717) is 11.1 Å². The van der Waals surface area contributed by atoms with E-state index in [9.17, 15) is 13.2 Å². The molecule has 0 radical (unpaired) electrons. The number of halogens is 3. The van der Waals surface area contributed by atoms with Crippen LogP contribution in [0.3, 0.4) is 0 Å². The molecule has 1 rings (SSSR count). The third-order valence-corrected chi connectivity index (χ3v) is 1.93. The summed E-state index contributed by atoms with van der Waals surface area (Å²) < 4.78 is 36.0. The van der Waals surface area contributed by atoms with Gasteiger partial charge in [0.05, 0.1) is 0 Å². The summed E-state index contributed by atoms with van der Waals surface area (Å²) >= 11 is 0. The van der Waals surface area contributed by atoms with Gasteiger partial charge in [0.1, 0.15) is 0 Å². The highest BCUT2D eigenvalue weighted by Gasteiger charge is 2.38. The van der Waals surface area contributed by atoms with Crippen molar-refractivity contribution >= 4 is 0 Å². The largest absolute Gasteiger partial charge is 0.414 e. The predicted molar refractivity (Wildman–Crippen MR) is 44.7 cm³/mol. The predicted octanol–water partition coefficient (Wildman–Crippen LogP) is 1.86. The highest BCUT2D eigenvalue weighted by atomic mass is 19.4. The molecule has 1 aromatic heterocycles. The van der Waals surface area contributed by atoms with Crippen LogP contribution >= 0.6 is 0 Å². The minimum Gasteiger partial charge on any atom is -0.383 e. The van der Waals surface area contributed by atoms with Crippen molar-refractivity contribution in [2.75, 3.05) is 0 Å². The Morgan fingerprint density at radius 1 is 1.50 bits per heavy atom. The highest BCUT2D eigenvalue weighted by Crippen LogP contribution is 2.23. The van der Waals surface area contributed by atoms with Crippen molar-refractivity contribution in [3.05, 3.63) is 29.6 Å². The van der Waals surface area contributed by atoms with E-state index in [2.05, 4.69) is 4.98 Å². The number of alkyl halides is 3. The summed E-state index contributed by atoms with van der Waals surface area (Å²) in [4.78, 5) is 3.75. The molecule has 1 heterocycles. The zero-order chi connectivity index (χ0) is 10.8. The van der Waals surface area contributed by atoms with Gasteiger partial charge in [0.25, 0.3) is 0 Å². The fourth-order valence-electron chi connectivity index (χ4n) is 1.06. The van der Waals surface area contributed by atoms with Crippen LogP contribution in [0.5, 0.6) is 0 Å². The number of aliphatic hydroxyl groups is 1. The third kappa shape index (κ3) is 2.70. The summed E-state index contributed by atoms with van der Waals surface area (Å²) in [7, 11) is 0. The van der Waals surface area contributed by atoms with E-state index in [4.69, 9.17) is 5.11 Å². The molecule has 0 amide bonds.